The summed E-state index contributed by atoms with van der Waals surface area (Å²) in [6.07, 6.45) is 2.26. The minimum atomic E-state index is 0.0749. The van der Waals surface area contributed by atoms with Crippen LogP contribution < -0.4 is 10.1 Å². The van der Waals surface area contributed by atoms with E-state index in [1.807, 2.05) is 56.3 Å². The van der Waals surface area contributed by atoms with E-state index in [1.54, 1.807) is 7.11 Å². The van der Waals surface area contributed by atoms with Gasteiger partial charge in [0.25, 0.3) is 0 Å². The smallest absolute Gasteiger partial charge is 0.224 e. The molecule has 0 bridgehead atoms. The largest absolute Gasteiger partial charge is 0.497 e. The van der Waals surface area contributed by atoms with Crippen molar-refractivity contribution in [3.05, 3.63) is 59.2 Å². The fourth-order valence-electron chi connectivity index (χ4n) is 2.46. The molecule has 0 aromatic heterocycles. The van der Waals surface area contributed by atoms with Gasteiger partial charge in [0.05, 0.1) is 7.11 Å². The fraction of sp³-hybridized carbons (Fsp3) is 0.316. The number of rotatable bonds is 6. The van der Waals surface area contributed by atoms with Gasteiger partial charge in [0.15, 0.2) is 0 Å². The molecule has 0 saturated carbocycles. The zero-order valence-electron chi connectivity index (χ0n) is 13.5. The van der Waals surface area contributed by atoms with E-state index in [1.165, 1.54) is 5.56 Å². The SMILES string of the molecule is COc1ccc(CCCC(=O)Nc2c(C)cccc2C)cc1. The molecule has 2 rings (SSSR count). The van der Waals surface area contributed by atoms with Gasteiger partial charge in [0.1, 0.15) is 5.75 Å². The predicted octanol–water partition coefficient (Wildman–Crippen LogP) is 4.27. The fourth-order valence-corrected chi connectivity index (χ4v) is 2.46. The van der Waals surface area contributed by atoms with Crippen LogP contribution in [0.25, 0.3) is 0 Å². The predicted molar refractivity (Wildman–Crippen MR) is 90.5 cm³/mol. The van der Waals surface area contributed by atoms with Gasteiger partial charge in [-0.25, -0.2) is 0 Å². The number of methoxy groups -OCH3 is 1. The van der Waals surface area contributed by atoms with Gasteiger partial charge in [-0.1, -0.05) is 30.3 Å². The number of para-hydroxylation sites is 1. The minimum absolute atomic E-state index is 0.0749. The van der Waals surface area contributed by atoms with Gasteiger partial charge in [-0.15, -0.1) is 0 Å². The van der Waals surface area contributed by atoms with Crippen molar-refractivity contribution in [3.8, 4) is 5.75 Å². The first-order chi connectivity index (χ1) is 10.6. The van der Waals surface area contributed by atoms with Gasteiger partial charge in [0.2, 0.25) is 5.91 Å². The van der Waals surface area contributed by atoms with E-state index in [0.29, 0.717) is 6.42 Å². The second-order valence-electron chi connectivity index (χ2n) is 5.52. The Hall–Kier alpha value is -2.29. The average Bonchev–Trinajstić information content (AvgIpc) is 2.52. The third kappa shape index (κ3) is 4.35. The molecule has 0 atom stereocenters. The molecule has 2 aromatic carbocycles. The first-order valence-corrected chi connectivity index (χ1v) is 7.59. The molecule has 0 aliphatic rings. The topological polar surface area (TPSA) is 38.3 Å². The molecule has 1 N–H and O–H groups in total. The number of hydrogen-bond acceptors (Lipinski definition) is 2. The summed E-state index contributed by atoms with van der Waals surface area (Å²) in [5.41, 5.74) is 4.37. The lowest BCUT2D eigenvalue weighted by atomic mass is 10.1. The van der Waals surface area contributed by atoms with Gasteiger partial charge >= 0.3 is 0 Å². The molecule has 22 heavy (non-hydrogen) atoms. The van der Waals surface area contributed by atoms with Gasteiger partial charge in [-0.3, -0.25) is 4.79 Å². The molecule has 0 heterocycles. The third-order valence-corrected chi connectivity index (χ3v) is 3.77. The Morgan fingerprint density at radius 2 is 1.68 bits per heavy atom. The summed E-state index contributed by atoms with van der Waals surface area (Å²) in [4.78, 5) is 12.1. The Kier molecular flexibility index (Phi) is 5.59. The second kappa shape index (κ2) is 7.64. The van der Waals surface area contributed by atoms with Gasteiger partial charge in [-0.05, 0) is 55.5 Å². The molecule has 0 spiro atoms. The monoisotopic (exact) mass is 297 g/mol. The Morgan fingerprint density at radius 1 is 1.05 bits per heavy atom. The van der Waals surface area contributed by atoms with Crippen molar-refractivity contribution in [2.75, 3.05) is 12.4 Å². The van der Waals surface area contributed by atoms with Crippen LogP contribution in [-0.4, -0.2) is 13.0 Å². The Morgan fingerprint density at radius 3 is 2.27 bits per heavy atom. The average molecular weight is 297 g/mol. The second-order valence-corrected chi connectivity index (χ2v) is 5.52. The first-order valence-electron chi connectivity index (χ1n) is 7.59. The number of ether oxygens (including phenoxy) is 1. The zero-order chi connectivity index (χ0) is 15.9. The minimum Gasteiger partial charge on any atom is -0.497 e. The van der Waals surface area contributed by atoms with E-state index < -0.39 is 0 Å². The van der Waals surface area contributed by atoms with Crippen molar-refractivity contribution < 1.29 is 9.53 Å². The number of amides is 1. The van der Waals surface area contributed by atoms with Crippen LogP contribution in [0.3, 0.4) is 0 Å². The van der Waals surface area contributed by atoms with Crippen LogP contribution in [0.5, 0.6) is 5.75 Å². The van der Waals surface area contributed by atoms with Crippen molar-refractivity contribution in [2.24, 2.45) is 0 Å². The number of carbonyl (C=O) groups is 1. The van der Waals surface area contributed by atoms with Gasteiger partial charge in [-0.2, -0.15) is 0 Å². The first kappa shape index (κ1) is 16.1. The molecule has 3 nitrogen and oxygen atoms in total. The quantitative estimate of drug-likeness (QED) is 0.864. The lowest BCUT2D eigenvalue weighted by molar-refractivity contribution is -0.116. The Balaban J connectivity index is 1.82. The highest BCUT2D eigenvalue weighted by atomic mass is 16.5. The van der Waals surface area contributed by atoms with Gasteiger partial charge < -0.3 is 10.1 Å². The normalized spacial score (nSPS) is 10.3. The highest BCUT2D eigenvalue weighted by Gasteiger charge is 2.07. The maximum atomic E-state index is 12.1. The zero-order valence-corrected chi connectivity index (χ0v) is 13.5. The van der Waals surface area contributed by atoms with Crippen molar-refractivity contribution in [1.82, 2.24) is 0 Å². The summed E-state index contributed by atoms with van der Waals surface area (Å²) in [5.74, 6) is 0.933. The third-order valence-electron chi connectivity index (χ3n) is 3.77. The summed E-state index contributed by atoms with van der Waals surface area (Å²) >= 11 is 0. The molecule has 2 aromatic rings. The molecule has 0 aliphatic heterocycles. The number of aryl methyl sites for hydroxylation is 3. The Labute approximate surface area is 132 Å². The highest BCUT2D eigenvalue weighted by molar-refractivity contribution is 5.92. The highest BCUT2D eigenvalue weighted by Crippen LogP contribution is 2.20. The summed E-state index contributed by atoms with van der Waals surface area (Å²) in [7, 11) is 1.66. The van der Waals surface area contributed by atoms with Crippen molar-refractivity contribution in [3.63, 3.8) is 0 Å². The molecule has 0 radical (unpaired) electrons. The molecule has 0 aliphatic carbocycles. The van der Waals surface area contributed by atoms with Crippen LogP contribution in [0.4, 0.5) is 5.69 Å². The molecule has 116 valence electrons. The van der Waals surface area contributed by atoms with Crippen LogP contribution in [0.1, 0.15) is 29.5 Å². The van der Waals surface area contributed by atoms with Crippen LogP contribution >= 0.6 is 0 Å². The van der Waals surface area contributed by atoms with E-state index >= 15 is 0 Å². The lowest BCUT2D eigenvalue weighted by Gasteiger charge is -2.11. The molecular weight excluding hydrogens is 274 g/mol. The molecule has 0 fully saturated rings. The van der Waals surface area contributed by atoms with E-state index in [-0.39, 0.29) is 5.91 Å². The van der Waals surface area contributed by atoms with E-state index in [0.717, 1.165) is 35.4 Å². The number of benzene rings is 2. The van der Waals surface area contributed by atoms with Crippen molar-refractivity contribution in [2.45, 2.75) is 33.1 Å². The lowest BCUT2D eigenvalue weighted by Crippen LogP contribution is -2.13. The maximum absolute atomic E-state index is 12.1. The summed E-state index contributed by atoms with van der Waals surface area (Å²) in [6, 6.07) is 14.0. The van der Waals surface area contributed by atoms with Crippen molar-refractivity contribution >= 4 is 11.6 Å². The standard InChI is InChI=1S/C19H23NO2/c1-14-6-4-7-15(2)19(14)20-18(21)9-5-8-16-10-12-17(22-3)13-11-16/h4,6-7,10-13H,5,8-9H2,1-3H3,(H,20,21). The number of nitrogens with one attached hydrogen (secondary N) is 1. The van der Waals surface area contributed by atoms with Crippen LogP contribution in [0.2, 0.25) is 0 Å². The molecule has 3 heteroatoms. The van der Waals surface area contributed by atoms with E-state index in [2.05, 4.69) is 5.32 Å². The van der Waals surface area contributed by atoms with Crippen LogP contribution in [-0.2, 0) is 11.2 Å². The maximum Gasteiger partial charge on any atom is 0.224 e. The molecule has 0 unspecified atom stereocenters. The number of hydrogen-bond donors (Lipinski definition) is 1. The number of anilines is 1. The Bertz CT molecular complexity index is 612. The van der Waals surface area contributed by atoms with Crippen LogP contribution in [0.15, 0.2) is 42.5 Å². The summed E-state index contributed by atoms with van der Waals surface area (Å²) in [6.45, 7) is 4.03. The molecule has 1 amide bonds. The molecular formula is C19H23NO2. The number of carbonyl (C=O) groups excluding carboxylic acids is 1. The van der Waals surface area contributed by atoms with E-state index in [4.69, 9.17) is 4.74 Å². The van der Waals surface area contributed by atoms with Crippen LogP contribution in [0, 0.1) is 13.8 Å². The molecule has 0 saturated heterocycles. The van der Waals surface area contributed by atoms with Gasteiger partial charge in [0, 0.05) is 12.1 Å². The summed E-state index contributed by atoms with van der Waals surface area (Å²) < 4.78 is 5.14. The van der Waals surface area contributed by atoms with Crippen molar-refractivity contribution in [1.29, 1.82) is 0 Å². The van der Waals surface area contributed by atoms with E-state index in [9.17, 15) is 4.79 Å². The summed E-state index contributed by atoms with van der Waals surface area (Å²) in [5, 5.41) is 3.02.